The number of carbonyl (C=O) groups is 2. The maximum Gasteiger partial charge on any atom is 0.224 e. The zero-order valence-corrected chi connectivity index (χ0v) is 13.1. The van der Waals surface area contributed by atoms with Crippen LogP contribution in [0.5, 0.6) is 0 Å². The van der Waals surface area contributed by atoms with Gasteiger partial charge in [-0.15, -0.1) is 11.3 Å². The maximum atomic E-state index is 11.8. The predicted octanol–water partition coefficient (Wildman–Crippen LogP) is 2.20. The third-order valence-corrected chi connectivity index (χ3v) is 4.27. The number of thiophene rings is 1. The van der Waals surface area contributed by atoms with Crippen molar-refractivity contribution in [3.63, 3.8) is 0 Å². The molecule has 0 aliphatic carbocycles. The second-order valence-electron chi connectivity index (χ2n) is 4.92. The van der Waals surface area contributed by atoms with E-state index in [1.807, 2.05) is 18.5 Å². The van der Waals surface area contributed by atoms with Gasteiger partial charge in [0.25, 0.3) is 0 Å². The molecule has 2 aromatic heterocycles. The van der Waals surface area contributed by atoms with Gasteiger partial charge >= 0.3 is 0 Å². The molecule has 2 aromatic rings. The molecule has 0 saturated carbocycles. The topological polar surface area (TPSA) is 64.0 Å². The van der Waals surface area contributed by atoms with Gasteiger partial charge in [0.2, 0.25) is 5.91 Å². The van der Waals surface area contributed by atoms with Gasteiger partial charge in [-0.2, -0.15) is 0 Å². The highest BCUT2D eigenvalue weighted by Crippen LogP contribution is 2.15. The average Bonchev–Trinajstić information content (AvgIpc) is 3.04. The fourth-order valence-electron chi connectivity index (χ4n) is 2.02. The minimum atomic E-state index is -0.00902. The standard InChI is InChI=1S/C15H19N3O2S/c1-11(19)14-8-13(10-21-14)9-15(20)17-4-3-6-18-7-5-16-12(18)2/h5,7-8,10H,3-4,6,9H2,1-2H3,(H,17,20). The summed E-state index contributed by atoms with van der Waals surface area (Å²) in [5.74, 6) is 1.02. The lowest BCUT2D eigenvalue weighted by molar-refractivity contribution is -0.120. The van der Waals surface area contributed by atoms with Crippen molar-refractivity contribution >= 4 is 23.0 Å². The Balaban J connectivity index is 1.70. The Labute approximate surface area is 128 Å². The van der Waals surface area contributed by atoms with Crippen molar-refractivity contribution in [2.24, 2.45) is 0 Å². The Kier molecular flexibility index (Phi) is 5.27. The summed E-state index contributed by atoms with van der Waals surface area (Å²) < 4.78 is 2.06. The van der Waals surface area contributed by atoms with Crippen molar-refractivity contribution in [3.8, 4) is 0 Å². The van der Waals surface area contributed by atoms with Gasteiger partial charge in [-0.25, -0.2) is 4.98 Å². The Bertz CT molecular complexity index is 630. The molecule has 0 fully saturated rings. The molecular weight excluding hydrogens is 286 g/mol. The monoisotopic (exact) mass is 305 g/mol. The highest BCUT2D eigenvalue weighted by Gasteiger charge is 2.08. The molecule has 5 nitrogen and oxygen atoms in total. The van der Waals surface area contributed by atoms with E-state index >= 15 is 0 Å². The van der Waals surface area contributed by atoms with E-state index in [0.29, 0.717) is 17.8 Å². The molecule has 0 unspecified atom stereocenters. The number of Topliss-reactive ketones (excluding diaryl/α,β-unsaturated/α-hetero) is 1. The predicted molar refractivity (Wildman–Crippen MR) is 82.6 cm³/mol. The number of aryl methyl sites for hydroxylation is 2. The number of nitrogens with zero attached hydrogens (tertiary/aromatic N) is 2. The lowest BCUT2D eigenvalue weighted by Crippen LogP contribution is -2.26. The summed E-state index contributed by atoms with van der Waals surface area (Å²) >= 11 is 1.39. The quantitative estimate of drug-likeness (QED) is 0.630. The van der Waals surface area contributed by atoms with Crippen molar-refractivity contribution in [3.05, 3.63) is 40.1 Å². The molecule has 1 amide bonds. The zero-order valence-electron chi connectivity index (χ0n) is 12.3. The van der Waals surface area contributed by atoms with Crippen LogP contribution in [0.4, 0.5) is 0 Å². The van der Waals surface area contributed by atoms with E-state index < -0.39 is 0 Å². The molecule has 0 aliphatic heterocycles. The number of nitrogens with one attached hydrogen (secondary N) is 1. The van der Waals surface area contributed by atoms with Gasteiger partial charge in [-0.1, -0.05) is 0 Å². The molecule has 6 heteroatoms. The maximum absolute atomic E-state index is 11.8. The first-order valence-electron chi connectivity index (χ1n) is 6.89. The van der Waals surface area contributed by atoms with Gasteiger partial charge in [-0.3, -0.25) is 9.59 Å². The van der Waals surface area contributed by atoms with Gasteiger partial charge in [0.05, 0.1) is 11.3 Å². The van der Waals surface area contributed by atoms with Crippen LogP contribution in [0.25, 0.3) is 0 Å². The van der Waals surface area contributed by atoms with Crippen LogP contribution in [0.15, 0.2) is 23.8 Å². The first-order valence-corrected chi connectivity index (χ1v) is 7.77. The highest BCUT2D eigenvalue weighted by molar-refractivity contribution is 7.12. The largest absolute Gasteiger partial charge is 0.356 e. The summed E-state index contributed by atoms with van der Waals surface area (Å²) in [7, 11) is 0. The molecule has 2 rings (SSSR count). The zero-order chi connectivity index (χ0) is 15.2. The smallest absolute Gasteiger partial charge is 0.224 e. The van der Waals surface area contributed by atoms with Gasteiger partial charge in [0.1, 0.15) is 5.82 Å². The fourth-order valence-corrected chi connectivity index (χ4v) is 2.83. The summed E-state index contributed by atoms with van der Waals surface area (Å²) in [5, 5.41) is 4.76. The Hall–Kier alpha value is -1.95. The molecule has 2 heterocycles. The third-order valence-electron chi connectivity index (χ3n) is 3.19. The van der Waals surface area contributed by atoms with E-state index in [4.69, 9.17) is 0 Å². The van der Waals surface area contributed by atoms with Gasteiger partial charge < -0.3 is 9.88 Å². The van der Waals surface area contributed by atoms with Crippen LogP contribution in [0, 0.1) is 6.92 Å². The van der Waals surface area contributed by atoms with E-state index in [2.05, 4.69) is 14.9 Å². The first-order chi connectivity index (χ1) is 10.1. The normalized spacial score (nSPS) is 10.6. The summed E-state index contributed by atoms with van der Waals surface area (Å²) in [6, 6.07) is 1.79. The van der Waals surface area contributed by atoms with E-state index in [0.717, 1.165) is 24.4 Å². The minimum absolute atomic E-state index is 0.00902. The number of rotatable bonds is 7. The van der Waals surface area contributed by atoms with Gasteiger partial charge in [-0.05, 0) is 37.3 Å². The molecule has 0 saturated heterocycles. The van der Waals surface area contributed by atoms with Crippen molar-refractivity contribution < 1.29 is 9.59 Å². The summed E-state index contributed by atoms with van der Waals surface area (Å²) in [6.07, 6.45) is 4.90. The molecule has 112 valence electrons. The van der Waals surface area contributed by atoms with Gasteiger partial charge in [0, 0.05) is 25.5 Å². The lowest BCUT2D eigenvalue weighted by Gasteiger charge is -2.06. The van der Waals surface area contributed by atoms with Crippen LogP contribution in [-0.2, 0) is 17.8 Å². The molecule has 0 aliphatic rings. The number of imidazole rings is 1. The minimum Gasteiger partial charge on any atom is -0.356 e. The Morgan fingerprint density at radius 3 is 2.86 bits per heavy atom. The van der Waals surface area contributed by atoms with Crippen LogP contribution < -0.4 is 5.32 Å². The van der Waals surface area contributed by atoms with Crippen LogP contribution in [0.2, 0.25) is 0 Å². The van der Waals surface area contributed by atoms with Crippen LogP contribution in [-0.4, -0.2) is 27.8 Å². The van der Waals surface area contributed by atoms with E-state index in [1.54, 1.807) is 12.3 Å². The number of ketones is 1. The molecule has 0 spiro atoms. The van der Waals surface area contributed by atoms with Crippen molar-refractivity contribution in [1.82, 2.24) is 14.9 Å². The van der Waals surface area contributed by atoms with Gasteiger partial charge in [0.15, 0.2) is 5.78 Å². The number of amides is 1. The highest BCUT2D eigenvalue weighted by atomic mass is 32.1. The number of carbonyl (C=O) groups excluding carboxylic acids is 2. The van der Waals surface area contributed by atoms with Crippen molar-refractivity contribution in [2.45, 2.75) is 33.2 Å². The second kappa shape index (κ2) is 7.17. The summed E-state index contributed by atoms with van der Waals surface area (Å²) in [6.45, 7) is 4.98. The number of hydrogen-bond acceptors (Lipinski definition) is 4. The number of aromatic nitrogens is 2. The molecular formula is C15H19N3O2S. The molecule has 0 aromatic carbocycles. The SMILES string of the molecule is CC(=O)c1cc(CC(=O)NCCCn2ccnc2C)cs1. The molecule has 0 bridgehead atoms. The van der Waals surface area contributed by atoms with Crippen LogP contribution in [0.1, 0.15) is 34.4 Å². The molecule has 0 radical (unpaired) electrons. The Morgan fingerprint density at radius 1 is 1.43 bits per heavy atom. The van der Waals surface area contributed by atoms with E-state index in [9.17, 15) is 9.59 Å². The van der Waals surface area contributed by atoms with Crippen molar-refractivity contribution in [2.75, 3.05) is 6.54 Å². The van der Waals surface area contributed by atoms with Crippen LogP contribution in [0.3, 0.4) is 0 Å². The Morgan fingerprint density at radius 2 is 2.24 bits per heavy atom. The molecule has 21 heavy (non-hydrogen) atoms. The molecule has 1 N–H and O–H groups in total. The molecule has 0 atom stereocenters. The average molecular weight is 305 g/mol. The lowest BCUT2D eigenvalue weighted by atomic mass is 10.2. The third kappa shape index (κ3) is 4.53. The van der Waals surface area contributed by atoms with Crippen molar-refractivity contribution in [1.29, 1.82) is 0 Å². The number of hydrogen-bond donors (Lipinski definition) is 1. The van der Waals surface area contributed by atoms with E-state index in [1.165, 1.54) is 18.3 Å². The van der Waals surface area contributed by atoms with E-state index in [-0.39, 0.29) is 11.7 Å². The summed E-state index contributed by atoms with van der Waals surface area (Å²) in [4.78, 5) is 27.9. The summed E-state index contributed by atoms with van der Waals surface area (Å²) in [5.41, 5.74) is 0.896. The first kappa shape index (κ1) is 15.4. The van der Waals surface area contributed by atoms with Crippen LogP contribution >= 0.6 is 11.3 Å². The second-order valence-corrected chi connectivity index (χ2v) is 5.83. The fraction of sp³-hybridized carbons (Fsp3) is 0.400.